The zero-order valence-electron chi connectivity index (χ0n) is 14.0. The lowest BCUT2D eigenvalue weighted by atomic mass is 10.1. The van der Waals surface area contributed by atoms with E-state index in [0.29, 0.717) is 24.2 Å². The maximum Gasteiger partial charge on any atom is 0.326 e. The summed E-state index contributed by atoms with van der Waals surface area (Å²) in [5, 5.41) is 2.91. The lowest BCUT2D eigenvalue weighted by Crippen LogP contribution is -2.35. The van der Waals surface area contributed by atoms with Gasteiger partial charge < -0.3 is 5.32 Å². The molecule has 0 unspecified atom stereocenters. The average molecular weight is 344 g/mol. The third kappa shape index (κ3) is 3.01. The average Bonchev–Trinajstić information content (AvgIpc) is 2.65. The molecule has 0 saturated heterocycles. The van der Waals surface area contributed by atoms with Crippen molar-refractivity contribution in [1.82, 2.24) is 0 Å². The highest BCUT2D eigenvalue weighted by Crippen LogP contribution is 2.30. The molecule has 0 aliphatic carbocycles. The normalized spacial score (nSPS) is 14.8. The highest BCUT2D eigenvalue weighted by atomic mass is 32.2. The zero-order chi connectivity index (χ0) is 17.5. The van der Waals surface area contributed by atoms with Crippen molar-refractivity contribution in [3.8, 4) is 0 Å². The van der Waals surface area contributed by atoms with Crippen LogP contribution in [0.1, 0.15) is 16.7 Å². The number of aryl methyl sites for hydroxylation is 2. The smallest absolute Gasteiger partial charge is 0.307 e. The van der Waals surface area contributed by atoms with Crippen LogP contribution in [0.4, 0.5) is 16.2 Å². The maximum absolute atomic E-state index is 12.6. The lowest BCUT2D eigenvalue weighted by molar-refractivity contribution is 0.257. The molecule has 126 valence electrons. The van der Waals surface area contributed by atoms with Gasteiger partial charge in [0.2, 0.25) is 0 Å². The number of para-hydroxylation sites is 1. The number of nitrogens with one attached hydrogen (secondary N) is 1. The van der Waals surface area contributed by atoms with Crippen LogP contribution in [0.2, 0.25) is 0 Å². The summed E-state index contributed by atoms with van der Waals surface area (Å²) < 4.78 is 24.0. The lowest BCUT2D eigenvalue weighted by Gasteiger charge is -2.23. The van der Waals surface area contributed by atoms with Gasteiger partial charge in [0.15, 0.2) is 9.84 Å². The first-order chi connectivity index (χ1) is 11.3. The largest absolute Gasteiger partial charge is 0.326 e. The fraction of sp³-hybridized carbons (Fsp3) is 0.278. The number of fused-ring (bicyclic) bond motifs is 1. The van der Waals surface area contributed by atoms with Crippen molar-refractivity contribution >= 4 is 27.2 Å². The highest BCUT2D eigenvalue weighted by Gasteiger charge is 2.24. The number of sulfone groups is 1. The SMILES string of the molecule is Cc1cc(C)c(S(C)(=O)=O)cc1N1CCc2ccccc2NC1=O. The van der Waals surface area contributed by atoms with E-state index in [4.69, 9.17) is 0 Å². The van der Waals surface area contributed by atoms with Gasteiger partial charge in [0, 0.05) is 24.2 Å². The molecule has 0 saturated carbocycles. The summed E-state index contributed by atoms with van der Waals surface area (Å²) in [7, 11) is -3.35. The molecule has 0 radical (unpaired) electrons. The van der Waals surface area contributed by atoms with E-state index < -0.39 is 9.84 Å². The van der Waals surface area contributed by atoms with E-state index in [-0.39, 0.29) is 10.9 Å². The Hall–Kier alpha value is -2.34. The molecule has 2 aromatic rings. The molecule has 3 rings (SSSR count). The predicted molar refractivity (Wildman–Crippen MR) is 95.5 cm³/mol. The Labute approximate surface area is 142 Å². The molecule has 24 heavy (non-hydrogen) atoms. The first-order valence-electron chi connectivity index (χ1n) is 7.75. The predicted octanol–water partition coefficient (Wildman–Crippen LogP) is 3.30. The minimum atomic E-state index is -3.35. The van der Waals surface area contributed by atoms with Crippen LogP contribution in [0.5, 0.6) is 0 Å². The number of amides is 2. The summed E-state index contributed by atoms with van der Waals surface area (Å²) in [5.74, 6) is 0. The number of carbonyl (C=O) groups is 1. The molecule has 0 bridgehead atoms. The Balaban J connectivity index is 2.05. The van der Waals surface area contributed by atoms with Crippen LogP contribution in [0.3, 0.4) is 0 Å². The quantitative estimate of drug-likeness (QED) is 0.909. The van der Waals surface area contributed by atoms with Crippen molar-refractivity contribution in [1.29, 1.82) is 0 Å². The van der Waals surface area contributed by atoms with Crippen LogP contribution in [-0.2, 0) is 16.3 Å². The van der Waals surface area contributed by atoms with E-state index in [9.17, 15) is 13.2 Å². The van der Waals surface area contributed by atoms with Gasteiger partial charge in [-0.3, -0.25) is 4.90 Å². The number of hydrogen-bond acceptors (Lipinski definition) is 3. The summed E-state index contributed by atoms with van der Waals surface area (Å²) in [6.07, 6.45) is 1.89. The van der Waals surface area contributed by atoms with Gasteiger partial charge in [-0.15, -0.1) is 0 Å². The third-order valence-electron chi connectivity index (χ3n) is 4.29. The number of carbonyl (C=O) groups excluding carboxylic acids is 1. The monoisotopic (exact) mass is 344 g/mol. The van der Waals surface area contributed by atoms with Gasteiger partial charge in [-0.05, 0) is 49.1 Å². The van der Waals surface area contributed by atoms with Crippen LogP contribution < -0.4 is 10.2 Å². The van der Waals surface area contributed by atoms with E-state index in [0.717, 1.165) is 16.8 Å². The van der Waals surface area contributed by atoms with Gasteiger partial charge in [0.05, 0.1) is 4.90 Å². The fourth-order valence-corrected chi connectivity index (χ4v) is 4.09. The molecule has 0 fully saturated rings. The Morgan fingerprint density at radius 2 is 1.79 bits per heavy atom. The second kappa shape index (κ2) is 5.94. The summed E-state index contributed by atoms with van der Waals surface area (Å²) in [4.78, 5) is 14.5. The first-order valence-corrected chi connectivity index (χ1v) is 9.64. The van der Waals surface area contributed by atoms with Crippen LogP contribution in [-0.4, -0.2) is 27.2 Å². The van der Waals surface area contributed by atoms with Crippen molar-refractivity contribution in [2.24, 2.45) is 0 Å². The van der Waals surface area contributed by atoms with E-state index in [1.807, 2.05) is 37.3 Å². The van der Waals surface area contributed by atoms with Gasteiger partial charge in [-0.1, -0.05) is 24.3 Å². The molecular formula is C18H20N2O3S. The van der Waals surface area contributed by atoms with Crippen LogP contribution in [0.25, 0.3) is 0 Å². The number of anilines is 2. The molecule has 0 aromatic heterocycles. The molecule has 1 heterocycles. The summed E-state index contributed by atoms with van der Waals surface area (Å²) in [5.41, 5.74) is 4.07. The molecule has 1 aliphatic heterocycles. The molecular weight excluding hydrogens is 324 g/mol. The van der Waals surface area contributed by atoms with E-state index in [2.05, 4.69) is 5.32 Å². The van der Waals surface area contributed by atoms with Gasteiger partial charge in [0.1, 0.15) is 0 Å². The Bertz CT molecular complexity index is 920. The van der Waals surface area contributed by atoms with Gasteiger partial charge in [-0.25, -0.2) is 13.2 Å². The molecule has 2 aromatic carbocycles. The topological polar surface area (TPSA) is 66.5 Å². The fourth-order valence-electron chi connectivity index (χ4n) is 3.12. The highest BCUT2D eigenvalue weighted by molar-refractivity contribution is 7.90. The van der Waals surface area contributed by atoms with Crippen LogP contribution >= 0.6 is 0 Å². The van der Waals surface area contributed by atoms with Gasteiger partial charge in [-0.2, -0.15) is 0 Å². The number of rotatable bonds is 2. The Morgan fingerprint density at radius 3 is 2.50 bits per heavy atom. The minimum absolute atomic E-state index is 0.244. The molecule has 1 aliphatic rings. The van der Waals surface area contributed by atoms with Gasteiger partial charge >= 0.3 is 6.03 Å². The number of benzene rings is 2. The second-order valence-corrected chi connectivity index (χ2v) is 8.15. The zero-order valence-corrected chi connectivity index (χ0v) is 14.8. The number of hydrogen-bond donors (Lipinski definition) is 1. The van der Waals surface area contributed by atoms with Crippen LogP contribution in [0, 0.1) is 13.8 Å². The minimum Gasteiger partial charge on any atom is -0.307 e. The molecule has 0 atom stereocenters. The summed E-state index contributed by atoms with van der Waals surface area (Å²) >= 11 is 0. The third-order valence-corrected chi connectivity index (χ3v) is 5.53. The van der Waals surface area contributed by atoms with E-state index >= 15 is 0 Å². The molecule has 1 N–H and O–H groups in total. The van der Waals surface area contributed by atoms with Crippen molar-refractivity contribution in [2.45, 2.75) is 25.2 Å². The summed E-state index contributed by atoms with van der Waals surface area (Å²) in [6.45, 7) is 4.15. The van der Waals surface area contributed by atoms with Crippen molar-refractivity contribution in [2.75, 3.05) is 23.0 Å². The van der Waals surface area contributed by atoms with Gasteiger partial charge in [0.25, 0.3) is 0 Å². The standard InChI is InChI=1S/C18H20N2O3S/c1-12-10-13(2)17(24(3,22)23)11-16(12)20-9-8-14-6-4-5-7-15(14)19-18(20)21/h4-7,10-11H,8-9H2,1-3H3,(H,19,21). The number of nitrogens with zero attached hydrogens (tertiary/aromatic N) is 1. The molecule has 0 spiro atoms. The van der Waals surface area contributed by atoms with Crippen molar-refractivity contribution in [3.63, 3.8) is 0 Å². The first kappa shape index (κ1) is 16.5. The Kier molecular flexibility index (Phi) is 4.09. The maximum atomic E-state index is 12.6. The van der Waals surface area contributed by atoms with E-state index in [1.165, 1.54) is 6.26 Å². The molecule has 5 nitrogen and oxygen atoms in total. The Morgan fingerprint density at radius 1 is 1.08 bits per heavy atom. The molecule has 2 amide bonds. The van der Waals surface area contributed by atoms with Crippen molar-refractivity contribution < 1.29 is 13.2 Å². The van der Waals surface area contributed by atoms with Crippen LogP contribution in [0.15, 0.2) is 41.3 Å². The van der Waals surface area contributed by atoms with E-state index in [1.54, 1.807) is 17.9 Å². The summed E-state index contributed by atoms with van der Waals surface area (Å²) in [6, 6.07) is 10.9. The van der Waals surface area contributed by atoms with Crippen molar-refractivity contribution in [3.05, 3.63) is 53.1 Å². The molecule has 6 heteroatoms. The second-order valence-electron chi connectivity index (χ2n) is 6.17. The number of urea groups is 1.